The molecule has 0 spiro atoms. The zero-order chi connectivity index (χ0) is 19.9. The molecule has 0 aromatic heterocycles. The number of benzene rings is 2. The Bertz CT molecular complexity index is 983. The van der Waals surface area contributed by atoms with Crippen LogP contribution in [0.5, 0.6) is 0 Å². The maximum atomic E-state index is 13.4. The SMILES string of the molecule is O=C(CCc1cc(F)cc(Cl)c1)[C@]1(O)CCN(c2ccc3c(c2)C=CC3)C1=O. The number of carbonyl (C=O) groups excluding carboxylic acids is 2. The predicted octanol–water partition coefficient (Wildman–Crippen LogP) is 3.72. The molecule has 2 aromatic rings. The molecule has 1 saturated heterocycles. The second kappa shape index (κ2) is 7.15. The lowest BCUT2D eigenvalue weighted by molar-refractivity contribution is -0.147. The minimum absolute atomic E-state index is 0.0432. The number of allylic oxidation sites excluding steroid dienone is 1. The number of aliphatic hydroxyl groups is 1. The van der Waals surface area contributed by atoms with Gasteiger partial charge in [-0.1, -0.05) is 29.8 Å². The molecule has 2 aliphatic rings. The van der Waals surface area contributed by atoms with Gasteiger partial charge in [-0.3, -0.25) is 9.59 Å². The van der Waals surface area contributed by atoms with E-state index in [1.54, 1.807) is 6.07 Å². The van der Waals surface area contributed by atoms with Crippen molar-refractivity contribution in [3.8, 4) is 0 Å². The molecular formula is C22H19ClFNO3. The molecule has 2 aromatic carbocycles. The summed E-state index contributed by atoms with van der Waals surface area (Å²) in [5, 5.41) is 11.0. The Morgan fingerprint density at radius 2 is 2.07 bits per heavy atom. The van der Waals surface area contributed by atoms with Gasteiger partial charge in [-0.15, -0.1) is 0 Å². The number of ketones is 1. The van der Waals surface area contributed by atoms with Crippen molar-refractivity contribution in [2.45, 2.75) is 31.3 Å². The minimum atomic E-state index is -2.04. The number of fused-ring (bicyclic) bond motifs is 1. The van der Waals surface area contributed by atoms with Gasteiger partial charge in [0, 0.05) is 30.1 Å². The Kier molecular flexibility index (Phi) is 4.81. The van der Waals surface area contributed by atoms with Crippen molar-refractivity contribution >= 4 is 35.1 Å². The Morgan fingerprint density at radius 3 is 2.86 bits per heavy atom. The molecule has 4 nitrogen and oxygen atoms in total. The second-order valence-corrected chi connectivity index (χ2v) is 7.69. The number of aryl methyl sites for hydroxylation is 1. The van der Waals surface area contributed by atoms with E-state index in [9.17, 15) is 19.1 Å². The average Bonchev–Trinajstić information content (AvgIpc) is 3.24. The first-order chi connectivity index (χ1) is 13.4. The van der Waals surface area contributed by atoms with E-state index in [4.69, 9.17) is 11.6 Å². The molecular weight excluding hydrogens is 381 g/mol. The first-order valence-electron chi connectivity index (χ1n) is 9.19. The van der Waals surface area contributed by atoms with Crippen LogP contribution in [0.4, 0.5) is 10.1 Å². The van der Waals surface area contributed by atoms with Crippen LogP contribution >= 0.6 is 11.6 Å². The molecule has 1 fully saturated rings. The van der Waals surface area contributed by atoms with Crippen LogP contribution in [0, 0.1) is 5.82 Å². The summed E-state index contributed by atoms with van der Waals surface area (Å²) in [6, 6.07) is 9.76. The molecule has 0 bridgehead atoms. The summed E-state index contributed by atoms with van der Waals surface area (Å²) in [6.45, 7) is 0.273. The van der Waals surface area contributed by atoms with Crippen LogP contribution in [0.2, 0.25) is 5.02 Å². The van der Waals surface area contributed by atoms with E-state index in [0.29, 0.717) is 11.3 Å². The summed E-state index contributed by atoms with van der Waals surface area (Å²) in [5.74, 6) is -1.64. The van der Waals surface area contributed by atoms with E-state index >= 15 is 0 Å². The van der Waals surface area contributed by atoms with E-state index < -0.39 is 23.1 Å². The molecule has 1 amide bonds. The molecule has 1 heterocycles. The lowest BCUT2D eigenvalue weighted by Crippen LogP contribution is -2.47. The first-order valence-corrected chi connectivity index (χ1v) is 9.57. The molecule has 0 unspecified atom stereocenters. The fraction of sp³-hybridized carbons (Fsp3) is 0.273. The van der Waals surface area contributed by atoms with Crippen molar-refractivity contribution in [3.05, 3.63) is 70.0 Å². The topological polar surface area (TPSA) is 57.6 Å². The normalized spacial score (nSPS) is 20.7. The van der Waals surface area contributed by atoms with Crippen LogP contribution in [0.1, 0.15) is 29.5 Å². The summed E-state index contributed by atoms with van der Waals surface area (Å²) in [4.78, 5) is 27.0. The molecule has 1 aliphatic carbocycles. The smallest absolute Gasteiger partial charge is 0.266 e. The van der Waals surface area contributed by atoms with Crippen molar-refractivity contribution in [2.75, 3.05) is 11.4 Å². The Labute approximate surface area is 167 Å². The summed E-state index contributed by atoms with van der Waals surface area (Å²) in [7, 11) is 0. The Hall–Kier alpha value is -2.50. The number of amides is 1. The van der Waals surface area contributed by atoms with Gasteiger partial charge < -0.3 is 10.0 Å². The van der Waals surface area contributed by atoms with Gasteiger partial charge in [0.25, 0.3) is 5.91 Å². The number of anilines is 1. The molecule has 0 radical (unpaired) electrons. The molecule has 1 atom stereocenters. The van der Waals surface area contributed by atoms with E-state index in [-0.39, 0.29) is 30.8 Å². The Balaban J connectivity index is 1.48. The molecule has 4 rings (SSSR count). The molecule has 6 heteroatoms. The summed E-state index contributed by atoms with van der Waals surface area (Å²) >= 11 is 5.83. The summed E-state index contributed by atoms with van der Waals surface area (Å²) in [6.07, 6.45) is 5.11. The highest BCUT2D eigenvalue weighted by Crippen LogP contribution is 2.33. The second-order valence-electron chi connectivity index (χ2n) is 7.26. The highest BCUT2D eigenvalue weighted by molar-refractivity contribution is 6.30. The van der Waals surface area contributed by atoms with Crippen LogP contribution in [0.15, 0.2) is 42.5 Å². The highest BCUT2D eigenvalue weighted by atomic mass is 35.5. The number of rotatable bonds is 5. The molecule has 28 heavy (non-hydrogen) atoms. The number of carbonyl (C=O) groups is 2. The molecule has 1 aliphatic heterocycles. The van der Waals surface area contributed by atoms with Gasteiger partial charge >= 0.3 is 0 Å². The maximum Gasteiger partial charge on any atom is 0.266 e. The fourth-order valence-corrected chi connectivity index (χ4v) is 4.08. The standard InChI is InChI=1S/C22H19ClFNO3/c23-17-10-14(11-18(24)13-17)4-7-20(26)22(28)8-9-25(21(22)27)19-6-5-15-2-1-3-16(15)12-19/h1,3,5-6,10-13,28H,2,4,7-9H2/t22-/m1/s1. The molecule has 0 saturated carbocycles. The largest absolute Gasteiger partial charge is 0.373 e. The number of halogens is 2. The maximum absolute atomic E-state index is 13.4. The first kappa shape index (κ1) is 18.8. The quantitative estimate of drug-likeness (QED) is 0.779. The van der Waals surface area contributed by atoms with Crippen LogP contribution in [-0.2, 0) is 22.4 Å². The third-order valence-corrected chi connectivity index (χ3v) is 5.62. The lowest BCUT2D eigenvalue weighted by Gasteiger charge is -2.22. The van der Waals surface area contributed by atoms with Crippen molar-refractivity contribution in [2.24, 2.45) is 0 Å². The van der Waals surface area contributed by atoms with E-state index in [1.165, 1.54) is 22.6 Å². The summed E-state index contributed by atoms with van der Waals surface area (Å²) < 4.78 is 13.4. The van der Waals surface area contributed by atoms with Crippen molar-refractivity contribution in [1.82, 2.24) is 0 Å². The van der Waals surface area contributed by atoms with Gasteiger partial charge in [0.05, 0.1) is 0 Å². The van der Waals surface area contributed by atoms with E-state index in [0.717, 1.165) is 12.0 Å². The third-order valence-electron chi connectivity index (χ3n) is 5.40. The minimum Gasteiger partial charge on any atom is -0.373 e. The number of hydrogen-bond acceptors (Lipinski definition) is 3. The number of Topliss-reactive ketones (excluding diaryl/α,β-unsaturated/α-hetero) is 1. The van der Waals surface area contributed by atoms with Crippen LogP contribution in [0.3, 0.4) is 0 Å². The number of hydrogen-bond donors (Lipinski definition) is 1. The van der Waals surface area contributed by atoms with Crippen LogP contribution < -0.4 is 4.90 Å². The average molecular weight is 400 g/mol. The van der Waals surface area contributed by atoms with Gasteiger partial charge in [0.2, 0.25) is 5.60 Å². The zero-order valence-electron chi connectivity index (χ0n) is 15.1. The van der Waals surface area contributed by atoms with Gasteiger partial charge in [-0.05, 0) is 59.9 Å². The fourth-order valence-electron chi connectivity index (χ4n) is 3.83. The van der Waals surface area contributed by atoms with Crippen LogP contribution in [0.25, 0.3) is 6.08 Å². The van der Waals surface area contributed by atoms with E-state index in [2.05, 4.69) is 6.08 Å². The van der Waals surface area contributed by atoms with Crippen molar-refractivity contribution < 1.29 is 19.1 Å². The van der Waals surface area contributed by atoms with Gasteiger partial charge in [-0.2, -0.15) is 0 Å². The summed E-state index contributed by atoms with van der Waals surface area (Å²) in [5.41, 5.74) is 1.43. The highest BCUT2D eigenvalue weighted by Gasteiger charge is 2.50. The van der Waals surface area contributed by atoms with Gasteiger partial charge in [0.1, 0.15) is 5.82 Å². The zero-order valence-corrected chi connectivity index (χ0v) is 15.9. The monoisotopic (exact) mass is 399 g/mol. The van der Waals surface area contributed by atoms with Gasteiger partial charge in [0.15, 0.2) is 5.78 Å². The van der Waals surface area contributed by atoms with Crippen molar-refractivity contribution in [1.29, 1.82) is 0 Å². The van der Waals surface area contributed by atoms with Gasteiger partial charge in [-0.25, -0.2) is 4.39 Å². The van der Waals surface area contributed by atoms with Crippen molar-refractivity contribution in [3.63, 3.8) is 0 Å². The lowest BCUT2D eigenvalue weighted by atomic mass is 9.92. The Morgan fingerprint density at radius 1 is 1.25 bits per heavy atom. The predicted molar refractivity (Wildman–Crippen MR) is 106 cm³/mol. The molecule has 144 valence electrons. The number of nitrogens with zero attached hydrogens (tertiary/aromatic N) is 1. The third kappa shape index (κ3) is 3.36. The molecule has 1 N–H and O–H groups in total. The van der Waals surface area contributed by atoms with E-state index in [1.807, 2.05) is 24.3 Å². The van der Waals surface area contributed by atoms with Crippen LogP contribution in [-0.4, -0.2) is 28.9 Å².